The number of hydrogen-bond acceptors (Lipinski definition) is 3. The summed E-state index contributed by atoms with van der Waals surface area (Å²) < 4.78 is 30.2. The van der Waals surface area contributed by atoms with E-state index in [2.05, 4.69) is 4.84 Å². The maximum absolute atomic E-state index is 10.5. The first-order valence-corrected chi connectivity index (χ1v) is 4.69. The van der Waals surface area contributed by atoms with E-state index < -0.39 is 16.3 Å². The molecule has 0 aliphatic rings. The first-order valence-electron chi connectivity index (χ1n) is 3.29. The summed E-state index contributed by atoms with van der Waals surface area (Å²) in [5.74, 6) is 0. The first kappa shape index (κ1) is 10.8. The Hall–Kier alpha value is -0.170. The Morgan fingerprint density at radius 3 is 2.09 bits per heavy atom. The van der Waals surface area contributed by atoms with E-state index in [0.29, 0.717) is 4.47 Å². The molecule has 1 N–H and O–H groups in total. The summed E-state index contributed by atoms with van der Waals surface area (Å²) in [5, 5.41) is 0. The predicted octanol–water partition coefficient (Wildman–Crippen LogP) is 0.451. The highest BCUT2D eigenvalue weighted by molar-refractivity contribution is 7.83. The lowest BCUT2D eigenvalue weighted by Crippen LogP contribution is -2.36. The first-order chi connectivity index (χ1) is 4.89. The number of hydroxylamine groups is 1. The van der Waals surface area contributed by atoms with Crippen molar-refractivity contribution < 1.29 is 17.8 Å². The van der Waals surface area contributed by atoms with Crippen LogP contribution in [0.15, 0.2) is 0 Å². The minimum absolute atomic E-state index is 0.206. The van der Waals surface area contributed by atoms with Crippen LogP contribution in [0.25, 0.3) is 0 Å². The molecule has 0 rings (SSSR count). The van der Waals surface area contributed by atoms with Crippen molar-refractivity contribution in [2.45, 2.75) is 26.8 Å². The topological polar surface area (TPSA) is 66.8 Å². The van der Waals surface area contributed by atoms with Gasteiger partial charge < -0.3 is 0 Å². The second kappa shape index (κ2) is 4.01. The number of rotatable bonds is 4. The van der Waals surface area contributed by atoms with E-state index in [1.165, 1.54) is 0 Å². The Kier molecular flexibility index (Phi) is 3.95. The van der Waals surface area contributed by atoms with Crippen LogP contribution in [0.1, 0.15) is 20.8 Å². The Morgan fingerprint density at radius 1 is 1.55 bits per heavy atom. The van der Waals surface area contributed by atoms with Gasteiger partial charge in [-0.3, -0.25) is 9.39 Å². The summed E-state index contributed by atoms with van der Waals surface area (Å²) in [5.41, 5.74) is 0. The maximum Gasteiger partial charge on any atom is 0.358 e. The highest BCUT2D eigenvalue weighted by atomic mass is 32.2. The fourth-order valence-electron chi connectivity index (χ4n) is 0.609. The van der Waals surface area contributed by atoms with Crippen LogP contribution in [-0.2, 0) is 15.1 Å². The quantitative estimate of drug-likeness (QED) is 0.507. The summed E-state index contributed by atoms with van der Waals surface area (Å²) in [6.45, 7) is 5.05. The monoisotopic (exact) mass is 183 g/mol. The van der Waals surface area contributed by atoms with Crippen molar-refractivity contribution in [3.63, 3.8) is 0 Å². The van der Waals surface area contributed by atoms with Crippen LogP contribution < -0.4 is 0 Å². The summed E-state index contributed by atoms with van der Waals surface area (Å²) in [4.78, 5) is 4.66. The minimum atomic E-state index is -4.22. The molecule has 0 heterocycles. The van der Waals surface area contributed by atoms with Gasteiger partial charge in [0.15, 0.2) is 0 Å². The smallest absolute Gasteiger partial charge is 0.283 e. The Balaban J connectivity index is 4.36. The normalized spacial score (nSPS) is 12.9. The van der Waals surface area contributed by atoms with Gasteiger partial charge in [0.1, 0.15) is 0 Å². The van der Waals surface area contributed by atoms with Gasteiger partial charge >= 0.3 is 10.3 Å². The second-order valence-corrected chi connectivity index (χ2v) is 3.50. The summed E-state index contributed by atoms with van der Waals surface area (Å²) in [6.07, 6.45) is 0. The lowest BCUT2D eigenvalue weighted by atomic mass is 10.4. The molecule has 0 amide bonds. The van der Waals surface area contributed by atoms with E-state index >= 15 is 0 Å². The van der Waals surface area contributed by atoms with Crippen LogP contribution >= 0.6 is 0 Å². The van der Waals surface area contributed by atoms with Gasteiger partial charge in [0, 0.05) is 6.04 Å². The standard InChI is InChI=1S/C5H13NO4S/c1-4-10-6(5(2)3)11(7,8)9/h5H,4H2,1-3H3,(H,7,8,9). The van der Waals surface area contributed by atoms with Crippen LogP contribution in [0.5, 0.6) is 0 Å². The zero-order valence-corrected chi connectivity index (χ0v) is 7.63. The van der Waals surface area contributed by atoms with Gasteiger partial charge in [0.25, 0.3) is 0 Å². The maximum atomic E-state index is 10.5. The van der Waals surface area contributed by atoms with E-state index in [1.54, 1.807) is 20.8 Å². The summed E-state index contributed by atoms with van der Waals surface area (Å²) in [6, 6.07) is -0.398. The molecule has 0 aromatic carbocycles. The van der Waals surface area contributed by atoms with Gasteiger partial charge in [-0.05, 0) is 20.8 Å². The molecule has 0 bridgehead atoms. The molecule has 0 saturated carbocycles. The molecule has 0 fully saturated rings. The van der Waals surface area contributed by atoms with Crippen LogP contribution in [0.3, 0.4) is 0 Å². The third-order valence-electron chi connectivity index (χ3n) is 0.905. The van der Waals surface area contributed by atoms with Crippen molar-refractivity contribution in [2.75, 3.05) is 6.61 Å². The number of nitrogens with zero attached hydrogens (tertiary/aromatic N) is 1. The summed E-state index contributed by atoms with van der Waals surface area (Å²) >= 11 is 0. The molecule has 5 nitrogen and oxygen atoms in total. The van der Waals surface area contributed by atoms with Gasteiger partial charge in [-0.2, -0.15) is 8.42 Å². The highest BCUT2D eigenvalue weighted by Crippen LogP contribution is 2.04. The molecular weight excluding hydrogens is 170 g/mol. The summed E-state index contributed by atoms with van der Waals surface area (Å²) in [7, 11) is -4.22. The SMILES string of the molecule is CCON(C(C)C)S(=O)(=O)O. The zero-order valence-electron chi connectivity index (χ0n) is 6.81. The lowest BCUT2D eigenvalue weighted by molar-refractivity contribution is -0.105. The fourth-order valence-corrected chi connectivity index (χ4v) is 1.38. The number of hydrogen-bond donors (Lipinski definition) is 1. The molecule has 0 saturated heterocycles. The van der Waals surface area contributed by atoms with Crippen molar-refractivity contribution in [2.24, 2.45) is 0 Å². The Bertz CT molecular complexity index is 199. The average Bonchev–Trinajstić information content (AvgIpc) is 1.79. The van der Waals surface area contributed by atoms with Crippen molar-refractivity contribution in [1.82, 2.24) is 4.47 Å². The predicted molar refractivity (Wildman–Crippen MR) is 40.1 cm³/mol. The molecular formula is C5H13NO4S. The van der Waals surface area contributed by atoms with Crippen molar-refractivity contribution in [3.05, 3.63) is 0 Å². The van der Waals surface area contributed by atoms with Crippen LogP contribution in [-0.4, -0.2) is 30.1 Å². The van der Waals surface area contributed by atoms with Gasteiger partial charge in [-0.15, -0.1) is 0 Å². The Labute approximate surface area is 66.8 Å². The Morgan fingerprint density at radius 2 is 2.00 bits per heavy atom. The van der Waals surface area contributed by atoms with E-state index in [0.717, 1.165) is 0 Å². The van der Waals surface area contributed by atoms with Gasteiger partial charge in [-0.25, -0.2) is 0 Å². The lowest BCUT2D eigenvalue weighted by Gasteiger charge is -2.20. The minimum Gasteiger partial charge on any atom is -0.283 e. The molecule has 0 aromatic heterocycles. The molecule has 0 unspecified atom stereocenters. The third-order valence-corrected chi connectivity index (χ3v) is 1.89. The van der Waals surface area contributed by atoms with E-state index in [-0.39, 0.29) is 6.61 Å². The molecule has 68 valence electrons. The van der Waals surface area contributed by atoms with Gasteiger partial charge in [0.2, 0.25) is 0 Å². The van der Waals surface area contributed by atoms with E-state index in [9.17, 15) is 8.42 Å². The molecule has 6 heteroatoms. The molecule has 0 spiro atoms. The molecule has 0 radical (unpaired) electrons. The van der Waals surface area contributed by atoms with Crippen LogP contribution in [0.2, 0.25) is 0 Å². The molecule has 11 heavy (non-hydrogen) atoms. The molecule has 0 aliphatic heterocycles. The molecule has 0 aliphatic carbocycles. The van der Waals surface area contributed by atoms with Crippen molar-refractivity contribution in [1.29, 1.82) is 0 Å². The van der Waals surface area contributed by atoms with Crippen LogP contribution in [0, 0.1) is 0 Å². The van der Waals surface area contributed by atoms with Crippen molar-refractivity contribution >= 4 is 10.3 Å². The van der Waals surface area contributed by atoms with E-state index in [4.69, 9.17) is 4.55 Å². The van der Waals surface area contributed by atoms with Crippen molar-refractivity contribution in [3.8, 4) is 0 Å². The third kappa shape index (κ3) is 3.66. The largest absolute Gasteiger partial charge is 0.358 e. The van der Waals surface area contributed by atoms with E-state index in [1.807, 2.05) is 0 Å². The second-order valence-electron chi connectivity index (χ2n) is 2.24. The van der Waals surface area contributed by atoms with Crippen LogP contribution in [0.4, 0.5) is 0 Å². The molecule has 0 atom stereocenters. The highest BCUT2D eigenvalue weighted by Gasteiger charge is 2.22. The molecule has 0 aromatic rings. The fraction of sp³-hybridized carbons (Fsp3) is 1.00. The van der Waals surface area contributed by atoms with Gasteiger partial charge in [-0.1, -0.05) is 4.47 Å². The zero-order chi connectivity index (χ0) is 9.07. The average molecular weight is 183 g/mol. The van der Waals surface area contributed by atoms with Gasteiger partial charge in [0.05, 0.1) is 6.61 Å².